The topological polar surface area (TPSA) is 75.4 Å². The number of amides is 1. The van der Waals surface area contributed by atoms with Gasteiger partial charge in [0.25, 0.3) is 6.43 Å². The molecule has 2 saturated carbocycles. The van der Waals surface area contributed by atoms with E-state index >= 15 is 0 Å². The zero-order valence-electron chi connectivity index (χ0n) is 20.1. The molecule has 0 radical (unpaired) electrons. The van der Waals surface area contributed by atoms with Crippen LogP contribution in [0.2, 0.25) is 0 Å². The zero-order valence-corrected chi connectivity index (χ0v) is 20.1. The SMILES string of the molecule is O=C(CC12CCC(C(=O)O)(CC1)C2)N1CCc2c(n(Cc3cccc(C(F)F)c3)c3ncccc23)C1. The van der Waals surface area contributed by atoms with Gasteiger partial charge in [-0.2, -0.15) is 0 Å². The third-order valence-electron chi connectivity index (χ3n) is 8.87. The maximum atomic E-state index is 13.5. The Hall–Kier alpha value is -3.29. The number of aromatic nitrogens is 2. The van der Waals surface area contributed by atoms with Crippen LogP contribution >= 0.6 is 0 Å². The lowest BCUT2D eigenvalue weighted by atomic mass is 9.80. The van der Waals surface area contributed by atoms with Crippen molar-refractivity contribution < 1.29 is 23.5 Å². The summed E-state index contributed by atoms with van der Waals surface area (Å²) in [7, 11) is 0. The van der Waals surface area contributed by atoms with Crippen molar-refractivity contribution in [1.82, 2.24) is 14.5 Å². The Balaban J connectivity index is 1.28. The largest absolute Gasteiger partial charge is 0.481 e. The molecule has 1 aromatic carbocycles. The van der Waals surface area contributed by atoms with Gasteiger partial charge in [-0.3, -0.25) is 9.59 Å². The van der Waals surface area contributed by atoms with Crippen molar-refractivity contribution >= 4 is 22.9 Å². The normalized spacial score (nSPS) is 25.0. The average Bonchev–Trinajstić information content (AvgIpc) is 3.54. The molecule has 0 spiro atoms. The van der Waals surface area contributed by atoms with E-state index in [0.29, 0.717) is 51.7 Å². The summed E-state index contributed by atoms with van der Waals surface area (Å²) in [4.78, 5) is 31.8. The van der Waals surface area contributed by atoms with Crippen molar-refractivity contribution in [3.63, 3.8) is 0 Å². The minimum atomic E-state index is -2.53. The molecule has 2 bridgehead atoms. The molecule has 3 heterocycles. The molecular formula is C28H29F2N3O3. The molecule has 6 rings (SSSR count). The molecule has 0 unspecified atom stereocenters. The fourth-order valence-corrected chi connectivity index (χ4v) is 6.94. The molecule has 188 valence electrons. The van der Waals surface area contributed by atoms with Crippen molar-refractivity contribution in [2.45, 2.75) is 64.5 Å². The fraction of sp³-hybridized carbons (Fsp3) is 0.464. The van der Waals surface area contributed by atoms with Crippen LogP contribution in [0.3, 0.4) is 0 Å². The van der Waals surface area contributed by atoms with Crippen molar-refractivity contribution in [3.05, 3.63) is 65.0 Å². The number of hydrogen-bond donors (Lipinski definition) is 1. The first-order chi connectivity index (χ1) is 17.3. The highest BCUT2D eigenvalue weighted by atomic mass is 19.3. The van der Waals surface area contributed by atoms with Gasteiger partial charge in [-0.15, -0.1) is 0 Å². The van der Waals surface area contributed by atoms with Crippen molar-refractivity contribution in [2.24, 2.45) is 10.8 Å². The van der Waals surface area contributed by atoms with E-state index in [4.69, 9.17) is 0 Å². The van der Waals surface area contributed by atoms with Crippen LogP contribution in [0.25, 0.3) is 11.0 Å². The predicted molar refractivity (Wildman–Crippen MR) is 130 cm³/mol. The van der Waals surface area contributed by atoms with Gasteiger partial charge in [0.2, 0.25) is 5.91 Å². The Kier molecular flexibility index (Phi) is 5.39. The summed E-state index contributed by atoms with van der Waals surface area (Å²) in [6.07, 6.45) is 3.84. The molecule has 3 aliphatic rings. The number of fused-ring (bicyclic) bond motifs is 5. The quantitative estimate of drug-likeness (QED) is 0.504. The van der Waals surface area contributed by atoms with Crippen LogP contribution in [0.15, 0.2) is 42.6 Å². The molecule has 2 aliphatic carbocycles. The smallest absolute Gasteiger partial charge is 0.309 e. The molecule has 36 heavy (non-hydrogen) atoms. The van der Waals surface area contributed by atoms with Crippen LogP contribution in [0, 0.1) is 10.8 Å². The van der Waals surface area contributed by atoms with Gasteiger partial charge in [-0.25, -0.2) is 13.8 Å². The second kappa shape index (κ2) is 8.39. The van der Waals surface area contributed by atoms with Gasteiger partial charge in [0.1, 0.15) is 5.65 Å². The van der Waals surface area contributed by atoms with Crippen LogP contribution in [-0.4, -0.2) is 38.0 Å². The van der Waals surface area contributed by atoms with E-state index in [1.807, 2.05) is 23.1 Å². The molecule has 3 aromatic rings. The Morgan fingerprint density at radius 1 is 1.11 bits per heavy atom. The number of carbonyl (C=O) groups excluding carboxylic acids is 1. The van der Waals surface area contributed by atoms with E-state index in [9.17, 15) is 23.5 Å². The first-order valence-electron chi connectivity index (χ1n) is 12.6. The molecular weight excluding hydrogens is 464 g/mol. The Morgan fingerprint density at radius 2 is 1.92 bits per heavy atom. The summed E-state index contributed by atoms with van der Waals surface area (Å²) < 4.78 is 28.7. The summed E-state index contributed by atoms with van der Waals surface area (Å²) in [6, 6.07) is 10.4. The number of aliphatic carboxylic acids is 1. The van der Waals surface area contributed by atoms with Crippen LogP contribution in [0.5, 0.6) is 0 Å². The average molecular weight is 494 g/mol. The maximum Gasteiger partial charge on any atom is 0.309 e. The van der Waals surface area contributed by atoms with Gasteiger partial charge < -0.3 is 14.6 Å². The van der Waals surface area contributed by atoms with Crippen LogP contribution in [0.4, 0.5) is 8.78 Å². The highest BCUT2D eigenvalue weighted by Gasteiger charge is 2.58. The van der Waals surface area contributed by atoms with Crippen LogP contribution in [-0.2, 0) is 29.1 Å². The summed E-state index contributed by atoms with van der Waals surface area (Å²) in [5, 5.41) is 10.8. The van der Waals surface area contributed by atoms with Gasteiger partial charge in [0.05, 0.1) is 12.0 Å². The number of carboxylic acids is 1. The lowest BCUT2D eigenvalue weighted by molar-refractivity contribution is -0.148. The Labute approximate surface area is 207 Å². The Bertz CT molecular complexity index is 1360. The van der Waals surface area contributed by atoms with E-state index in [-0.39, 0.29) is 16.9 Å². The molecule has 1 N–H and O–H groups in total. The number of nitrogens with zero attached hydrogens (tertiary/aromatic N) is 3. The van der Waals surface area contributed by atoms with E-state index in [0.717, 1.165) is 40.7 Å². The van der Waals surface area contributed by atoms with Crippen LogP contribution in [0.1, 0.15) is 67.3 Å². The molecule has 1 aliphatic heterocycles. The van der Waals surface area contributed by atoms with Gasteiger partial charge in [0, 0.05) is 42.4 Å². The minimum absolute atomic E-state index is 0.00703. The number of hydrogen-bond acceptors (Lipinski definition) is 3. The second-order valence-corrected chi connectivity index (χ2v) is 10.9. The van der Waals surface area contributed by atoms with Crippen LogP contribution < -0.4 is 0 Å². The van der Waals surface area contributed by atoms with Crippen molar-refractivity contribution in [3.8, 4) is 0 Å². The molecule has 1 amide bonds. The van der Waals surface area contributed by atoms with E-state index in [1.165, 1.54) is 12.1 Å². The molecule has 2 aromatic heterocycles. The van der Waals surface area contributed by atoms with E-state index in [2.05, 4.69) is 9.55 Å². The third kappa shape index (κ3) is 3.69. The van der Waals surface area contributed by atoms with E-state index < -0.39 is 17.8 Å². The standard InChI is InChI=1S/C28H29F2N3O3/c29-24(30)19-4-1-3-18(13-19)15-33-22-16-32(12-6-20(22)21-5-2-11-31-25(21)33)23(34)14-27-7-9-28(17-27,10-8-27)26(35)36/h1-5,11,13,24H,6-10,12,14-17H2,(H,35,36). The second-order valence-electron chi connectivity index (χ2n) is 10.9. The van der Waals surface area contributed by atoms with Gasteiger partial charge >= 0.3 is 5.97 Å². The van der Waals surface area contributed by atoms with Crippen molar-refractivity contribution in [2.75, 3.05) is 6.54 Å². The lowest BCUT2D eigenvalue weighted by Gasteiger charge is -2.33. The molecule has 0 atom stereocenters. The number of carbonyl (C=O) groups is 2. The minimum Gasteiger partial charge on any atom is -0.481 e. The maximum absolute atomic E-state index is 13.5. The lowest BCUT2D eigenvalue weighted by Crippen LogP contribution is -2.39. The fourth-order valence-electron chi connectivity index (χ4n) is 6.94. The molecule has 0 saturated heterocycles. The number of pyridine rings is 1. The molecule has 2 fully saturated rings. The first-order valence-corrected chi connectivity index (χ1v) is 12.6. The number of alkyl halides is 2. The highest BCUT2D eigenvalue weighted by molar-refractivity contribution is 5.84. The highest BCUT2D eigenvalue weighted by Crippen LogP contribution is 2.63. The predicted octanol–water partition coefficient (Wildman–Crippen LogP) is 5.33. The summed E-state index contributed by atoms with van der Waals surface area (Å²) >= 11 is 0. The number of halogens is 2. The number of rotatable bonds is 6. The summed E-state index contributed by atoms with van der Waals surface area (Å²) in [6.45, 7) is 1.45. The third-order valence-corrected chi connectivity index (χ3v) is 8.87. The van der Waals surface area contributed by atoms with E-state index in [1.54, 1.807) is 12.3 Å². The van der Waals surface area contributed by atoms with Gasteiger partial charge in [0.15, 0.2) is 0 Å². The molecule has 8 heteroatoms. The monoisotopic (exact) mass is 493 g/mol. The van der Waals surface area contributed by atoms with Gasteiger partial charge in [-0.05, 0) is 73.3 Å². The number of benzene rings is 1. The van der Waals surface area contributed by atoms with Crippen molar-refractivity contribution in [1.29, 1.82) is 0 Å². The summed E-state index contributed by atoms with van der Waals surface area (Å²) in [5.41, 5.74) is 2.89. The Morgan fingerprint density at radius 3 is 2.64 bits per heavy atom. The molecule has 6 nitrogen and oxygen atoms in total. The first kappa shape index (κ1) is 23.1. The van der Waals surface area contributed by atoms with Gasteiger partial charge in [-0.1, -0.05) is 18.2 Å². The zero-order chi connectivity index (χ0) is 25.1. The summed E-state index contributed by atoms with van der Waals surface area (Å²) in [5.74, 6) is -0.641. The number of carboxylic acid groups (broad SMARTS) is 1.